The number of fused-ring (bicyclic) bond motifs is 1. The molecule has 0 aliphatic carbocycles. The maximum absolute atomic E-state index is 11.9. The van der Waals surface area contributed by atoms with Gasteiger partial charge in [-0.05, 0) is 19.1 Å². The Morgan fingerprint density at radius 3 is 3.11 bits per heavy atom. The van der Waals surface area contributed by atoms with Crippen molar-refractivity contribution >= 4 is 11.6 Å². The molecule has 0 spiro atoms. The first kappa shape index (κ1) is 11.2. The van der Waals surface area contributed by atoms with E-state index < -0.39 is 0 Å². The van der Waals surface area contributed by atoms with E-state index in [0.29, 0.717) is 17.6 Å². The summed E-state index contributed by atoms with van der Waals surface area (Å²) < 4.78 is 1.45. The molecule has 1 atom stereocenters. The number of pyridine rings is 1. The third-order valence-electron chi connectivity index (χ3n) is 3.11. The summed E-state index contributed by atoms with van der Waals surface area (Å²) in [4.78, 5) is 22.4. The molecule has 0 amide bonds. The molecule has 1 fully saturated rings. The predicted molar refractivity (Wildman–Crippen MR) is 68.9 cm³/mol. The molecule has 6 heteroatoms. The third kappa shape index (κ3) is 1.95. The van der Waals surface area contributed by atoms with Crippen LogP contribution in [0.2, 0.25) is 0 Å². The van der Waals surface area contributed by atoms with Crippen LogP contribution >= 0.6 is 0 Å². The minimum atomic E-state index is -0.276. The normalized spacial score (nSPS) is 20.3. The average Bonchev–Trinajstić information content (AvgIpc) is 2.39. The van der Waals surface area contributed by atoms with Crippen molar-refractivity contribution in [1.29, 1.82) is 0 Å². The minimum Gasteiger partial charge on any atom is -0.338 e. The highest BCUT2D eigenvalue weighted by Gasteiger charge is 2.18. The Balaban J connectivity index is 2.04. The van der Waals surface area contributed by atoms with Gasteiger partial charge in [0, 0.05) is 31.9 Å². The molecule has 0 saturated carbocycles. The van der Waals surface area contributed by atoms with E-state index in [4.69, 9.17) is 0 Å². The van der Waals surface area contributed by atoms with Gasteiger partial charge in [0.2, 0.25) is 5.95 Å². The number of rotatable bonds is 1. The van der Waals surface area contributed by atoms with Crippen LogP contribution in [0.4, 0.5) is 5.95 Å². The van der Waals surface area contributed by atoms with Crippen molar-refractivity contribution in [3.63, 3.8) is 0 Å². The summed E-state index contributed by atoms with van der Waals surface area (Å²) in [6, 6.07) is 5.87. The average molecular weight is 245 g/mol. The molecular weight excluding hydrogens is 230 g/mol. The van der Waals surface area contributed by atoms with Crippen LogP contribution in [0.25, 0.3) is 5.65 Å². The fourth-order valence-corrected chi connectivity index (χ4v) is 2.21. The fourth-order valence-electron chi connectivity index (χ4n) is 2.21. The van der Waals surface area contributed by atoms with Gasteiger partial charge in [0.05, 0.1) is 0 Å². The van der Waals surface area contributed by atoms with Crippen LogP contribution in [0.3, 0.4) is 0 Å². The Morgan fingerprint density at radius 2 is 2.28 bits per heavy atom. The molecule has 1 unspecified atom stereocenters. The molecule has 1 N–H and O–H groups in total. The van der Waals surface area contributed by atoms with Crippen LogP contribution in [0.5, 0.6) is 0 Å². The van der Waals surface area contributed by atoms with Crippen LogP contribution in [-0.4, -0.2) is 40.0 Å². The Labute approximate surface area is 104 Å². The van der Waals surface area contributed by atoms with Crippen molar-refractivity contribution in [3.8, 4) is 0 Å². The summed E-state index contributed by atoms with van der Waals surface area (Å²) in [5.74, 6) is 0.527. The number of hydrogen-bond acceptors (Lipinski definition) is 5. The zero-order chi connectivity index (χ0) is 12.5. The summed E-state index contributed by atoms with van der Waals surface area (Å²) >= 11 is 0. The first-order valence-corrected chi connectivity index (χ1v) is 6.08. The van der Waals surface area contributed by atoms with Gasteiger partial charge in [0.1, 0.15) is 5.65 Å². The second-order valence-corrected chi connectivity index (χ2v) is 4.54. The zero-order valence-electron chi connectivity index (χ0n) is 10.2. The van der Waals surface area contributed by atoms with Crippen LogP contribution in [-0.2, 0) is 0 Å². The van der Waals surface area contributed by atoms with E-state index in [9.17, 15) is 4.79 Å². The summed E-state index contributed by atoms with van der Waals surface area (Å²) in [5, 5.41) is 3.35. The molecule has 1 aliphatic heterocycles. The van der Waals surface area contributed by atoms with Crippen molar-refractivity contribution in [3.05, 3.63) is 34.9 Å². The number of nitrogens with zero attached hydrogens (tertiary/aromatic N) is 4. The Bertz CT molecular complexity index is 623. The predicted octanol–water partition coefficient (Wildman–Crippen LogP) is -0.112. The quantitative estimate of drug-likeness (QED) is 0.759. The minimum absolute atomic E-state index is 0.276. The number of hydrogen-bond donors (Lipinski definition) is 1. The van der Waals surface area contributed by atoms with E-state index in [-0.39, 0.29) is 5.69 Å². The summed E-state index contributed by atoms with van der Waals surface area (Å²) in [6.45, 7) is 4.65. The fraction of sp³-hybridized carbons (Fsp3) is 0.417. The first-order valence-electron chi connectivity index (χ1n) is 6.08. The molecule has 2 aromatic rings. The van der Waals surface area contributed by atoms with Crippen molar-refractivity contribution in [1.82, 2.24) is 19.7 Å². The van der Waals surface area contributed by atoms with E-state index in [1.807, 2.05) is 12.1 Å². The standard InChI is InChI=1S/C12H15N5O/c1-9-8-16(7-5-13-9)11-14-10-4-2-3-6-17(10)12(18)15-11/h2-4,6,9,13H,5,7-8H2,1H3. The van der Waals surface area contributed by atoms with Crippen molar-refractivity contribution in [2.24, 2.45) is 0 Å². The molecule has 6 nitrogen and oxygen atoms in total. The van der Waals surface area contributed by atoms with Gasteiger partial charge in [-0.1, -0.05) is 6.07 Å². The van der Waals surface area contributed by atoms with Crippen LogP contribution < -0.4 is 15.9 Å². The van der Waals surface area contributed by atoms with Crippen LogP contribution in [0.1, 0.15) is 6.92 Å². The molecule has 1 saturated heterocycles. The zero-order valence-corrected chi connectivity index (χ0v) is 10.2. The molecule has 3 heterocycles. The van der Waals surface area contributed by atoms with Crippen molar-refractivity contribution in [2.45, 2.75) is 13.0 Å². The van der Waals surface area contributed by atoms with Crippen molar-refractivity contribution < 1.29 is 0 Å². The second kappa shape index (κ2) is 4.38. The van der Waals surface area contributed by atoms with Gasteiger partial charge < -0.3 is 10.2 Å². The van der Waals surface area contributed by atoms with Gasteiger partial charge in [-0.15, -0.1) is 0 Å². The highest BCUT2D eigenvalue weighted by atomic mass is 16.1. The number of nitrogens with one attached hydrogen (secondary N) is 1. The van der Waals surface area contributed by atoms with Crippen LogP contribution in [0, 0.1) is 0 Å². The number of aromatic nitrogens is 3. The van der Waals surface area contributed by atoms with E-state index in [2.05, 4.69) is 27.1 Å². The SMILES string of the molecule is CC1CN(c2nc(=O)n3ccccc3n2)CCN1. The Morgan fingerprint density at radius 1 is 1.39 bits per heavy atom. The molecular formula is C12H15N5O. The van der Waals surface area contributed by atoms with E-state index in [0.717, 1.165) is 19.6 Å². The maximum atomic E-state index is 11.9. The smallest absolute Gasteiger partial charge is 0.338 e. The van der Waals surface area contributed by atoms with Gasteiger partial charge in [0.15, 0.2) is 0 Å². The molecule has 0 aromatic carbocycles. The molecule has 2 aromatic heterocycles. The molecule has 94 valence electrons. The molecule has 1 aliphatic rings. The molecule has 0 bridgehead atoms. The third-order valence-corrected chi connectivity index (χ3v) is 3.11. The van der Waals surface area contributed by atoms with Gasteiger partial charge in [-0.2, -0.15) is 9.97 Å². The van der Waals surface area contributed by atoms with Gasteiger partial charge in [-0.3, -0.25) is 4.40 Å². The van der Waals surface area contributed by atoms with Gasteiger partial charge in [-0.25, -0.2) is 4.79 Å². The Kier molecular flexibility index (Phi) is 2.71. The van der Waals surface area contributed by atoms with Gasteiger partial charge in [0.25, 0.3) is 0 Å². The van der Waals surface area contributed by atoms with E-state index in [1.165, 1.54) is 4.40 Å². The van der Waals surface area contributed by atoms with E-state index >= 15 is 0 Å². The molecule has 18 heavy (non-hydrogen) atoms. The second-order valence-electron chi connectivity index (χ2n) is 4.54. The van der Waals surface area contributed by atoms with E-state index in [1.54, 1.807) is 12.3 Å². The maximum Gasteiger partial charge on any atom is 0.356 e. The largest absolute Gasteiger partial charge is 0.356 e. The summed E-state index contributed by atoms with van der Waals surface area (Å²) in [5.41, 5.74) is 0.362. The topological polar surface area (TPSA) is 62.5 Å². The van der Waals surface area contributed by atoms with Crippen LogP contribution in [0.15, 0.2) is 29.2 Å². The number of piperazine rings is 1. The number of anilines is 1. The highest BCUT2D eigenvalue weighted by molar-refractivity contribution is 5.43. The monoisotopic (exact) mass is 245 g/mol. The molecule has 3 rings (SSSR count). The lowest BCUT2D eigenvalue weighted by Gasteiger charge is -2.31. The molecule has 0 radical (unpaired) electrons. The lowest BCUT2D eigenvalue weighted by Crippen LogP contribution is -2.50. The summed E-state index contributed by atoms with van der Waals surface area (Å²) in [7, 11) is 0. The lowest BCUT2D eigenvalue weighted by atomic mass is 10.2. The van der Waals surface area contributed by atoms with Gasteiger partial charge >= 0.3 is 5.69 Å². The first-order chi connectivity index (χ1) is 8.74. The highest BCUT2D eigenvalue weighted by Crippen LogP contribution is 2.09. The van der Waals surface area contributed by atoms with Crippen molar-refractivity contribution in [2.75, 3.05) is 24.5 Å². The summed E-state index contributed by atoms with van der Waals surface area (Å²) in [6.07, 6.45) is 1.68. The Hall–Kier alpha value is -1.95. The lowest BCUT2D eigenvalue weighted by molar-refractivity contribution is 0.479.